The lowest BCUT2D eigenvalue weighted by atomic mass is 9.93. The fourth-order valence-electron chi connectivity index (χ4n) is 4.53. The van der Waals surface area contributed by atoms with Gasteiger partial charge in [0, 0.05) is 42.2 Å². The molecule has 0 saturated carbocycles. The predicted octanol–water partition coefficient (Wildman–Crippen LogP) is 5.08. The predicted molar refractivity (Wildman–Crippen MR) is 105 cm³/mol. The number of rotatable bonds is 2. The quantitative estimate of drug-likeness (QED) is 0.725. The van der Waals surface area contributed by atoms with Crippen molar-refractivity contribution in [1.82, 2.24) is 9.80 Å². The Morgan fingerprint density at radius 1 is 1.04 bits per heavy atom. The van der Waals surface area contributed by atoms with Crippen LogP contribution in [0.25, 0.3) is 0 Å². The lowest BCUT2D eigenvalue weighted by molar-refractivity contribution is 0.0158. The standard InChI is InChI=1S/C22H26ClFN2/c1-22(2)14-26(11-10-25(22)3)21-13-19(15-4-7-17(24)8-5-15)18-9-6-16(23)12-20(18)21/h4-9,12,19,21H,10-11,13-14H2,1-3H3/t19-,21+/m1/s1. The van der Waals surface area contributed by atoms with Crippen molar-refractivity contribution < 1.29 is 4.39 Å². The molecule has 0 aromatic heterocycles. The average molecular weight is 373 g/mol. The molecule has 2 aliphatic rings. The molecule has 2 atom stereocenters. The normalized spacial score (nSPS) is 26.0. The summed E-state index contributed by atoms with van der Waals surface area (Å²) in [5.41, 5.74) is 4.02. The van der Waals surface area contributed by atoms with Crippen LogP contribution in [0.15, 0.2) is 42.5 Å². The van der Waals surface area contributed by atoms with Crippen LogP contribution in [0.4, 0.5) is 4.39 Å². The summed E-state index contributed by atoms with van der Waals surface area (Å²) in [4.78, 5) is 5.05. The molecule has 1 fully saturated rings. The molecule has 1 aliphatic heterocycles. The van der Waals surface area contributed by atoms with Gasteiger partial charge in [-0.1, -0.05) is 29.8 Å². The van der Waals surface area contributed by atoms with Crippen molar-refractivity contribution in [2.45, 2.75) is 37.8 Å². The molecule has 1 saturated heterocycles. The Bertz CT molecular complexity index is 802. The second kappa shape index (κ2) is 6.63. The first-order valence-electron chi connectivity index (χ1n) is 9.35. The van der Waals surface area contributed by atoms with Crippen molar-refractivity contribution in [2.24, 2.45) is 0 Å². The fraction of sp³-hybridized carbons (Fsp3) is 0.455. The van der Waals surface area contributed by atoms with Crippen molar-refractivity contribution in [3.05, 3.63) is 70.0 Å². The molecule has 138 valence electrons. The van der Waals surface area contributed by atoms with Gasteiger partial charge < -0.3 is 0 Å². The summed E-state index contributed by atoms with van der Waals surface area (Å²) in [6, 6.07) is 13.6. The number of piperazine rings is 1. The number of halogens is 2. The lowest BCUT2D eigenvalue weighted by Crippen LogP contribution is -2.58. The summed E-state index contributed by atoms with van der Waals surface area (Å²) in [5.74, 6) is 0.121. The van der Waals surface area contributed by atoms with E-state index in [1.165, 1.54) is 16.7 Å². The highest BCUT2D eigenvalue weighted by Gasteiger charge is 2.40. The minimum absolute atomic E-state index is 0.158. The van der Waals surface area contributed by atoms with Gasteiger partial charge in [0.1, 0.15) is 5.82 Å². The van der Waals surface area contributed by atoms with Gasteiger partial charge >= 0.3 is 0 Å². The number of hydrogen-bond donors (Lipinski definition) is 0. The monoisotopic (exact) mass is 372 g/mol. The van der Waals surface area contributed by atoms with Gasteiger partial charge in [-0.05, 0) is 68.3 Å². The average Bonchev–Trinajstić information content (AvgIpc) is 2.96. The van der Waals surface area contributed by atoms with Crippen LogP contribution in [0.5, 0.6) is 0 Å². The molecule has 4 rings (SSSR count). The summed E-state index contributed by atoms with van der Waals surface area (Å²) in [7, 11) is 2.21. The minimum Gasteiger partial charge on any atom is -0.299 e. The first-order valence-corrected chi connectivity index (χ1v) is 9.73. The van der Waals surface area contributed by atoms with E-state index in [1.807, 2.05) is 18.2 Å². The zero-order valence-electron chi connectivity index (χ0n) is 15.7. The molecule has 2 aromatic rings. The van der Waals surface area contributed by atoms with E-state index < -0.39 is 0 Å². The summed E-state index contributed by atoms with van der Waals surface area (Å²) >= 11 is 6.34. The molecule has 26 heavy (non-hydrogen) atoms. The Morgan fingerprint density at radius 2 is 1.77 bits per heavy atom. The smallest absolute Gasteiger partial charge is 0.123 e. The van der Waals surface area contributed by atoms with Gasteiger partial charge in [-0.25, -0.2) is 4.39 Å². The molecular formula is C22H26ClFN2. The third-order valence-electron chi connectivity index (χ3n) is 6.30. The van der Waals surface area contributed by atoms with E-state index >= 15 is 0 Å². The first-order chi connectivity index (χ1) is 12.3. The third-order valence-corrected chi connectivity index (χ3v) is 6.54. The van der Waals surface area contributed by atoms with E-state index in [4.69, 9.17) is 11.6 Å². The number of nitrogens with zero attached hydrogens (tertiary/aromatic N) is 2. The van der Waals surface area contributed by atoms with Gasteiger partial charge in [-0.3, -0.25) is 9.80 Å². The highest BCUT2D eigenvalue weighted by molar-refractivity contribution is 6.30. The highest BCUT2D eigenvalue weighted by atomic mass is 35.5. The van der Waals surface area contributed by atoms with Crippen LogP contribution >= 0.6 is 11.6 Å². The molecule has 2 nitrogen and oxygen atoms in total. The van der Waals surface area contributed by atoms with Gasteiger partial charge in [0.2, 0.25) is 0 Å². The maximum atomic E-state index is 13.4. The van der Waals surface area contributed by atoms with Crippen LogP contribution in [-0.2, 0) is 0 Å². The molecule has 0 bridgehead atoms. The summed E-state index contributed by atoms with van der Waals surface area (Å²) < 4.78 is 13.4. The van der Waals surface area contributed by atoms with E-state index in [0.717, 1.165) is 31.1 Å². The van der Waals surface area contributed by atoms with Crippen molar-refractivity contribution >= 4 is 11.6 Å². The Kier molecular flexibility index (Phi) is 4.58. The van der Waals surface area contributed by atoms with Gasteiger partial charge in [0.15, 0.2) is 0 Å². The van der Waals surface area contributed by atoms with Gasteiger partial charge in [0.25, 0.3) is 0 Å². The first kappa shape index (κ1) is 18.0. The molecular weight excluding hydrogens is 347 g/mol. The largest absolute Gasteiger partial charge is 0.299 e. The molecule has 1 aliphatic carbocycles. The summed E-state index contributed by atoms with van der Waals surface area (Å²) in [6.45, 7) is 7.79. The SMILES string of the molecule is CN1CCN([C@H]2C[C@H](c3ccc(F)cc3)c3ccc(Cl)cc32)CC1(C)C. The van der Waals surface area contributed by atoms with E-state index in [0.29, 0.717) is 12.0 Å². The van der Waals surface area contributed by atoms with Gasteiger partial charge in [0.05, 0.1) is 0 Å². The maximum Gasteiger partial charge on any atom is 0.123 e. The number of hydrogen-bond acceptors (Lipinski definition) is 2. The summed E-state index contributed by atoms with van der Waals surface area (Å²) in [5, 5.41) is 0.793. The Labute approximate surface area is 160 Å². The van der Waals surface area contributed by atoms with Crippen LogP contribution < -0.4 is 0 Å². The lowest BCUT2D eigenvalue weighted by Gasteiger charge is -2.47. The molecule has 2 aromatic carbocycles. The van der Waals surface area contributed by atoms with Crippen LogP contribution in [0, 0.1) is 5.82 Å². The molecule has 0 unspecified atom stereocenters. The molecule has 0 spiro atoms. The molecule has 0 N–H and O–H groups in total. The topological polar surface area (TPSA) is 6.48 Å². The van der Waals surface area contributed by atoms with Crippen molar-refractivity contribution in [3.8, 4) is 0 Å². The Hall–Kier alpha value is -1.42. The molecule has 1 heterocycles. The number of fused-ring (bicyclic) bond motifs is 1. The molecule has 0 radical (unpaired) electrons. The Balaban J connectivity index is 1.69. The van der Waals surface area contributed by atoms with Gasteiger partial charge in [-0.15, -0.1) is 0 Å². The summed E-state index contributed by atoms with van der Waals surface area (Å²) in [6.07, 6.45) is 1.03. The van der Waals surface area contributed by atoms with Crippen LogP contribution in [0.1, 0.15) is 48.9 Å². The highest BCUT2D eigenvalue weighted by Crippen LogP contribution is 2.48. The third kappa shape index (κ3) is 3.17. The maximum absolute atomic E-state index is 13.4. The van der Waals surface area contributed by atoms with Crippen LogP contribution in [0.2, 0.25) is 5.02 Å². The van der Waals surface area contributed by atoms with E-state index in [-0.39, 0.29) is 11.4 Å². The second-order valence-corrected chi connectivity index (χ2v) is 8.77. The minimum atomic E-state index is -0.180. The molecule has 4 heteroatoms. The second-order valence-electron chi connectivity index (χ2n) is 8.33. The van der Waals surface area contributed by atoms with Crippen molar-refractivity contribution in [2.75, 3.05) is 26.7 Å². The van der Waals surface area contributed by atoms with Crippen molar-refractivity contribution in [1.29, 1.82) is 0 Å². The number of likely N-dealkylation sites (N-methyl/N-ethyl adjacent to an activating group) is 1. The van der Waals surface area contributed by atoms with Crippen LogP contribution in [-0.4, -0.2) is 42.0 Å². The zero-order valence-corrected chi connectivity index (χ0v) is 16.4. The van der Waals surface area contributed by atoms with Gasteiger partial charge in [-0.2, -0.15) is 0 Å². The number of benzene rings is 2. The van der Waals surface area contributed by atoms with Crippen molar-refractivity contribution in [3.63, 3.8) is 0 Å². The van der Waals surface area contributed by atoms with E-state index in [9.17, 15) is 4.39 Å². The fourth-order valence-corrected chi connectivity index (χ4v) is 4.71. The Morgan fingerprint density at radius 3 is 2.46 bits per heavy atom. The van der Waals surface area contributed by atoms with Crippen LogP contribution in [0.3, 0.4) is 0 Å². The zero-order chi connectivity index (χ0) is 18.5. The van der Waals surface area contributed by atoms with E-state index in [2.05, 4.69) is 42.8 Å². The molecule has 0 amide bonds. The van der Waals surface area contributed by atoms with E-state index in [1.54, 1.807) is 12.1 Å².